The first-order valence-corrected chi connectivity index (χ1v) is 7.38. The van der Waals surface area contributed by atoms with E-state index in [1.54, 1.807) is 12.1 Å². The van der Waals surface area contributed by atoms with Crippen molar-refractivity contribution in [3.05, 3.63) is 35.6 Å². The molecule has 0 radical (unpaired) electrons. The lowest BCUT2D eigenvalue weighted by molar-refractivity contribution is -0.888. The number of nitrogens with one attached hydrogen (secondary N) is 2. The van der Waals surface area contributed by atoms with E-state index in [1.807, 2.05) is 11.8 Å². The van der Waals surface area contributed by atoms with E-state index in [0.717, 1.165) is 24.6 Å². The van der Waals surface area contributed by atoms with Crippen LogP contribution in [-0.4, -0.2) is 43.3 Å². The topological polar surface area (TPSA) is 45.9 Å². The Labute approximate surface area is 116 Å². The summed E-state index contributed by atoms with van der Waals surface area (Å²) >= 11 is 1.92. The Balaban J connectivity index is 1.76. The molecule has 1 aromatic carbocycles. The first kappa shape index (κ1) is 14.0. The Kier molecular flexibility index (Phi) is 5.35. The number of nitrogens with zero attached hydrogens (tertiary/aromatic N) is 1. The van der Waals surface area contributed by atoms with Crippen molar-refractivity contribution in [3.63, 3.8) is 0 Å². The van der Waals surface area contributed by atoms with Crippen molar-refractivity contribution in [1.82, 2.24) is 5.43 Å². The number of amides is 1. The normalized spacial score (nSPS) is 16.7. The van der Waals surface area contributed by atoms with Gasteiger partial charge in [-0.25, -0.2) is 9.82 Å². The van der Waals surface area contributed by atoms with Crippen LogP contribution in [0.25, 0.3) is 0 Å². The fourth-order valence-corrected chi connectivity index (χ4v) is 2.94. The molecule has 1 aliphatic heterocycles. The molecule has 4 nitrogen and oxygen atoms in total. The minimum Gasteiger partial charge on any atom is -0.326 e. The summed E-state index contributed by atoms with van der Waals surface area (Å²) in [6, 6.07) is 6.07. The van der Waals surface area contributed by atoms with Gasteiger partial charge in [0.05, 0.1) is 19.3 Å². The standard InChI is InChI=1S/C13H16FN3OS/c14-12-3-1-2-11(8-12)9-15-16-13(18)10-17-4-6-19-7-5-17/h1-3,8-9H,4-7,10H2,(H,16,18)/p+1/b15-9-. The molecular formula is C13H17FN3OS+. The zero-order valence-corrected chi connectivity index (χ0v) is 11.4. The molecule has 19 heavy (non-hydrogen) atoms. The van der Waals surface area contributed by atoms with Crippen molar-refractivity contribution in [2.75, 3.05) is 31.1 Å². The first-order chi connectivity index (χ1) is 9.24. The minimum atomic E-state index is -0.314. The number of carbonyl (C=O) groups excluding carboxylic acids is 1. The van der Waals surface area contributed by atoms with Crippen LogP contribution in [0, 0.1) is 5.82 Å². The number of benzene rings is 1. The van der Waals surface area contributed by atoms with Crippen LogP contribution in [0.4, 0.5) is 4.39 Å². The third-order valence-corrected chi connectivity index (χ3v) is 3.85. The second kappa shape index (κ2) is 7.25. The molecule has 0 unspecified atom stereocenters. The molecule has 2 rings (SSSR count). The fraction of sp³-hybridized carbons (Fsp3) is 0.385. The number of carbonyl (C=O) groups is 1. The molecule has 0 spiro atoms. The molecule has 2 N–H and O–H groups in total. The maximum Gasteiger partial charge on any atom is 0.295 e. The third kappa shape index (κ3) is 5.00. The minimum absolute atomic E-state index is 0.102. The van der Waals surface area contributed by atoms with Gasteiger partial charge in [0.2, 0.25) is 0 Å². The predicted molar refractivity (Wildman–Crippen MR) is 75.0 cm³/mol. The van der Waals surface area contributed by atoms with Crippen LogP contribution in [-0.2, 0) is 4.79 Å². The number of quaternary nitrogens is 1. The second-order valence-corrected chi connectivity index (χ2v) is 5.61. The molecule has 1 fully saturated rings. The van der Waals surface area contributed by atoms with Gasteiger partial charge in [0.1, 0.15) is 5.82 Å². The number of hydrogen-bond acceptors (Lipinski definition) is 3. The zero-order chi connectivity index (χ0) is 13.5. The van der Waals surface area contributed by atoms with Crippen LogP contribution in [0.3, 0.4) is 0 Å². The van der Waals surface area contributed by atoms with Crippen LogP contribution < -0.4 is 10.3 Å². The van der Waals surface area contributed by atoms with Crippen LogP contribution >= 0.6 is 11.8 Å². The Morgan fingerprint density at radius 2 is 2.26 bits per heavy atom. The van der Waals surface area contributed by atoms with Gasteiger partial charge in [-0.1, -0.05) is 12.1 Å². The summed E-state index contributed by atoms with van der Waals surface area (Å²) < 4.78 is 12.9. The molecule has 0 aromatic heterocycles. The molecule has 0 saturated carbocycles. The average Bonchev–Trinajstić information content (AvgIpc) is 2.40. The lowest BCUT2D eigenvalue weighted by Gasteiger charge is -2.21. The van der Waals surface area contributed by atoms with E-state index in [0.29, 0.717) is 12.1 Å². The molecule has 1 heterocycles. The Bertz CT molecular complexity index is 461. The summed E-state index contributed by atoms with van der Waals surface area (Å²) in [7, 11) is 0. The summed E-state index contributed by atoms with van der Waals surface area (Å²) in [5.74, 6) is 1.80. The molecule has 1 aliphatic rings. The van der Waals surface area contributed by atoms with E-state index < -0.39 is 0 Å². The summed E-state index contributed by atoms with van der Waals surface area (Å²) in [4.78, 5) is 12.9. The highest BCUT2D eigenvalue weighted by Crippen LogP contribution is 2.00. The fourth-order valence-electron chi connectivity index (χ4n) is 1.87. The first-order valence-electron chi connectivity index (χ1n) is 6.23. The van der Waals surface area contributed by atoms with Crippen molar-refractivity contribution in [2.45, 2.75) is 0 Å². The van der Waals surface area contributed by atoms with Crippen molar-refractivity contribution in [2.24, 2.45) is 5.10 Å². The van der Waals surface area contributed by atoms with Gasteiger partial charge in [0, 0.05) is 11.5 Å². The molecule has 6 heteroatoms. The highest BCUT2D eigenvalue weighted by atomic mass is 32.2. The zero-order valence-electron chi connectivity index (χ0n) is 10.6. The Hall–Kier alpha value is -1.40. The number of rotatable bonds is 4. The van der Waals surface area contributed by atoms with Crippen molar-refractivity contribution in [3.8, 4) is 0 Å². The molecule has 0 aliphatic carbocycles. The molecule has 1 aromatic rings. The van der Waals surface area contributed by atoms with Gasteiger partial charge in [0.25, 0.3) is 5.91 Å². The number of hydrazone groups is 1. The van der Waals surface area contributed by atoms with Gasteiger partial charge >= 0.3 is 0 Å². The van der Waals surface area contributed by atoms with Crippen molar-refractivity contribution >= 4 is 23.9 Å². The van der Waals surface area contributed by atoms with Crippen LogP contribution in [0.2, 0.25) is 0 Å². The maximum absolute atomic E-state index is 12.9. The van der Waals surface area contributed by atoms with Crippen LogP contribution in [0.5, 0.6) is 0 Å². The Morgan fingerprint density at radius 3 is 3.00 bits per heavy atom. The summed E-state index contributed by atoms with van der Waals surface area (Å²) in [6.07, 6.45) is 1.45. The maximum atomic E-state index is 12.9. The van der Waals surface area contributed by atoms with Crippen LogP contribution in [0.1, 0.15) is 5.56 Å². The second-order valence-electron chi connectivity index (χ2n) is 4.39. The molecule has 1 amide bonds. The lowest BCUT2D eigenvalue weighted by atomic mass is 10.2. The third-order valence-electron chi connectivity index (χ3n) is 2.86. The number of halogens is 1. The number of thioether (sulfide) groups is 1. The highest BCUT2D eigenvalue weighted by molar-refractivity contribution is 7.99. The quantitative estimate of drug-likeness (QED) is 0.599. The van der Waals surface area contributed by atoms with Gasteiger partial charge in [-0.05, 0) is 17.7 Å². The van der Waals surface area contributed by atoms with Crippen molar-refractivity contribution in [1.29, 1.82) is 0 Å². The smallest absolute Gasteiger partial charge is 0.295 e. The summed E-state index contributed by atoms with van der Waals surface area (Å²) in [5, 5.41) is 3.84. The number of hydrogen-bond donors (Lipinski definition) is 2. The van der Waals surface area contributed by atoms with E-state index in [4.69, 9.17) is 0 Å². The van der Waals surface area contributed by atoms with E-state index in [1.165, 1.54) is 23.2 Å². The molecule has 0 atom stereocenters. The van der Waals surface area contributed by atoms with Gasteiger partial charge < -0.3 is 4.90 Å². The van der Waals surface area contributed by atoms with Gasteiger partial charge in [-0.15, -0.1) is 0 Å². The van der Waals surface area contributed by atoms with E-state index in [-0.39, 0.29) is 11.7 Å². The largest absolute Gasteiger partial charge is 0.326 e. The van der Waals surface area contributed by atoms with Gasteiger partial charge in [0.15, 0.2) is 6.54 Å². The van der Waals surface area contributed by atoms with Crippen molar-refractivity contribution < 1.29 is 14.1 Å². The average molecular weight is 282 g/mol. The van der Waals surface area contributed by atoms with E-state index >= 15 is 0 Å². The molecule has 0 bridgehead atoms. The Morgan fingerprint density at radius 1 is 1.47 bits per heavy atom. The predicted octanol–water partition coefficient (Wildman–Crippen LogP) is -0.0925. The molecule has 1 saturated heterocycles. The summed E-state index contributed by atoms with van der Waals surface area (Å²) in [6.45, 7) is 2.48. The monoisotopic (exact) mass is 282 g/mol. The van der Waals surface area contributed by atoms with Gasteiger partial charge in [-0.2, -0.15) is 16.9 Å². The van der Waals surface area contributed by atoms with Crippen LogP contribution in [0.15, 0.2) is 29.4 Å². The van der Waals surface area contributed by atoms with Gasteiger partial charge in [-0.3, -0.25) is 4.79 Å². The highest BCUT2D eigenvalue weighted by Gasteiger charge is 2.16. The lowest BCUT2D eigenvalue weighted by Crippen LogP contribution is -3.14. The van der Waals surface area contributed by atoms with E-state index in [2.05, 4.69) is 10.5 Å². The summed E-state index contributed by atoms with van der Waals surface area (Å²) in [5.41, 5.74) is 3.11. The molecular weight excluding hydrogens is 265 g/mol. The SMILES string of the molecule is O=C(C[NH+]1CCSCC1)N/N=C\c1cccc(F)c1. The molecule has 102 valence electrons. The van der Waals surface area contributed by atoms with E-state index in [9.17, 15) is 9.18 Å².